The van der Waals surface area contributed by atoms with Crippen molar-refractivity contribution in [1.82, 2.24) is 0 Å². The second-order valence-electron chi connectivity index (χ2n) is 18.0. The Kier molecular flexibility index (Phi) is 17.7. The van der Waals surface area contributed by atoms with Gasteiger partial charge in [-0.3, -0.25) is 9.59 Å². The van der Waals surface area contributed by atoms with Gasteiger partial charge in [-0.25, -0.2) is 4.79 Å². The molecule has 0 aromatic rings. The molecule has 0 radical (unpaired) electrons. The number of fused-ring (bicyclic) bond motifs is 2. The fourth-order valence-corrected chi connectivity index (χ4v) is 9.01. The number of rotatable bonds is 3. The number of ketones is 2. The Bertz CT molecular complexity index is 1390. The number of hydrogen-bond donors (Lipinski definition) is 5. The van der Waals surface area contributed by atoms with E-state index in [-0.39, 0.29) is 35.9 Å². The van der Waals surface area contributed by atoms with E-state index < -0.39 is 89.0 Å². The highest BCUT2D eigenvalue weighted by molar-refractivity contribution is 5.91. The van der Waals surface area contributed by atoms with Crippen LogP contribution >= 0.6 is 0 Å². The van der Waals surface area contributed by atoms with Crippen molar-refractivity contribution in [3.63, 3.8) is 0 Å². The van der Waals surface area contributed by atoms with Crippen LogP contribution in [-0.2, 0) is 28.6 Å². The van der Waals surface area contributed by atoms with Crippen molar-refractivity contribution in [2.24, 2.45) is 53.3 Å². The summed E-state index contributed by atoms with van der Waals surface area (Å²) in [5.74, 6) is -7.28. The standard InChI is InChI=1S/C45H74O11/c1-12-34-17-15-13-14-16-27(4)42(51)44(11,53)43(52)32(9)40(50)31(8)39(49)30(7)38(48)26(3)18-21-37(47)54-41-29(6)35(20-19-34)55-45(33(41)10)23-22-25(2)36(56-45)24-28(5)46/h13-15,17-18,21,25-36,38,40-42,46,48,50-51,53H,12,16,19-20,22-24H2,1-11H3/b14-13+,17-15-,21-18+/t25-,26+,27+,28+,29-,30-,31-,32-,33-,34+,35+,36-,38-,40+,41+,42-,44+,45-/m1/s1. The van der Waals surface area contributed by atoms with Gasteiger partial charge in [0.2, 0.25) is 0 Å². The maximum Gasteiger partial charge on any atom is 0.330 e. The van der Waals surface area contributed by atoms with Crippen LogP contribution in [0.25, 0.3) is 0 Å². The van der Waals surface area contributed by atoms with Crippen LogP contribution < -0.4 is 0 Å². The average Bonchev–Trinajstić information content (AvgIpc) is 3.16. The second kappa shape index (κ2) is 20.6. The lowest BCUT2D eigenvalue weighted by atomic mass is 9.74. The third kappa shape index (κ3) is 11.5. The largest absolute Gasteiger partial charge is 0.458 e. The Labute approximate surface area is 336 Å². The predicted molar refractivity (Wildman–Crippen MR) is 215 cm³/mol. The Morgan fingerprint density at radius 1 is 0.839 bits per heavy atom. The van der Waals surface area contributed by atoms with Gasteiger partial charge in [0.15, 0.2) is 11.6 Å². The first kappa shape index (κ1) is 48.1. The molecule has 3 aliphatic rings. The number of ether oxygens (including phenoxy) is 3. The lowest BCUT2D eigenvalue weighted by Crippen LogP contribution is -2.62. The van der Waals surface area contributed by atoms with E-state index in [0.29, 0.717) is 25.7 Å². The Morgan fingerprint density at radius 3 is 2.11 bits per heavy atom. The molecule has 0 aliphatic carbocycles. The van der Waals surface area contributed by atoms with E-state index in [1.807, 2.05) is 32.1 Å². The normalized spacial score (nSPS) is 46.8. The lowest BCUT2D eigenvalue weighted by Gasteiger charge is -2.55. The number of carbonyl (C=O) groups is 3. The highest BCUT2D eigenvalue weighted by Crippen LogP contribution is 2.49. The molecule has 1 spiro atoms. The van der Waals surface area contributed by atoms with E-state index in [1.54, 1.807) is 20.8 Å². The molecule has 11 nitrogen and oxygen atoms in total. The molecule has 0 aromatic carbocycles. The van der Waals surface area contributed by atoms with Gasteiger partial charge in [0, 0.05) is 48.0 Å². The van der Waals surface area contributed by atoms with Gasteiger partial charge in [0.05, 0.1) is 36.6 Å². The molecular formula is C45H74O11. The summed E-state index contributed by atoms with van der Waals surface area (Å²) in [6.07, 6.45) is 9.62. The van der Waals surface area contributed by atoms with E-state index in [9.17, 15) is 39.9 Å². The number of Topliss-reactive ketones (excluding diaryl/α,β-unsaturated/α-hetero) is 2. The Balaban J connectivity index is 1.99. The van der Waals surface area contributed by atoms with Crippen LogP contribution in [0.1, 0.15) is 121 Å². The number of allylic oxidation sites excluding steroid dienone is 4. The molecule has 2 fully saturated rings. The van der Waals surface area contributed by atoms with Crippen molar-refractivity contribution in [1.29, 1.82) is 0 Å². The molecule has 56 heavy (non-hydrogen) atoms. The van der Waals surface area contributed by atoms with E-state index in [4.69, 9.17) is 14.2 Å². The summed E-state index contributed by atoms with van der Waals surface area (Å²) in [6.45, 7) is 19.1. The van der Waals surface area contributed by atoms with Crippen LogP contribution in [0.15, 0.2) is 36.5 Å². The van der Waals surface area contributed by atoms with Crippen LogP contribution in [-0.4, -0.2) is 97.2 Å². The summed E-state index contributed by atoms with van der Waals surface area (Å²) in [4.78, 5) is 40.5. The van der Waals surface area contributed by atoms with Crippen molar-refractivity contribution >= 4 is 17.5 Å². The van der Waals surface area contributed by atoms with Gasteiger partial charge in [-0.05, 0) is 70.1 Å². The first-order chi connectivity index (χ1) is 26.1. The molecule has 3 aliphatic heterocycles. The predicted octanol–water partition coefficient (Wildman–Crippen LogP) is 5.88. The summed E-state index contributed by atoms with van der Waals surface area (Å²) in [7, 11) is 0. The summed E-state index contributed by atoms with van der Waals surface area (Å²) in [5, 5.41) is 55.0. The molecule has 18 atom stereocenters. The van der Waals surface area contributed by atoms with Crippen LogP contribution in [0.4, 0.5) is 0 Å². The van der Waals surface area contributed by atoms with Crippen LogP contribution in [0.3, 0.4) is 0 Å². The van der Waals surface area contributed by atoms with Crippen molar-refractivity contribution in [3.8, 4) is 0 Å². The number of carbonyl (C=O) groups excluding carboxylic acids is 3. The quantitative estimate of drug-likeness (QED) is 0.216. The van der Waals surface area contributed by atoms with Crippen molar-refractivity contribution in [2.75, 3.05) is 0 Å². The first-order valence-electron chi connectivity index (χ1n) is 21.2. The average molecular weight is 791 g/mol. The van der Waals surface area contributed by atoms with Crippen LogP contribution in [0, 0.1) is 53.3 Å². The topological polar surface area (TPSA) is 180 Å². The molecule has 2 saturated heterocycles. The molecule has 3 rings (SSSR count). The second-order valence-corrected chi connectivity index (χ2v) is 18.0. The summed E-state index contributed by atoms with van der Waals surface area (Å²) < 4.78 is 20.0. The van der Waals surface area contributed by atoms with Crippen LogP contribution in [0.2, 0.25) is 0 Å². The minimum atomic E-state index is -2.18. The van der Waals surface area contributed by atoms with Gasteiger partial charge in [-0.15, -0.1) is 0 Å². The summed E-state index contributed by atoms with van der Waals surface area (Å²) in [6, 6.07) is 0. The minimum absolute atomic E-state index is 0.168. The highest BCUT2D eigenvalue weighted by atomic mass is 16.7. The lowest BCUT2D eigenvalue weighted by molar-refractivity contribution is -0.371. The van der Waals surface area contributed by atoms with E-state index >= 15 is 0 Å². The van der Waals surface area contributed by atoms with Crippen molar-refractivity contribution in [3.05, 3.63) is 36.5 Å². The number of esters is 1. The van der Waals surface area contributed by atoms with Gasteiger partial charge in [0.25, 0.3) is 0 Å². The SMILES string of the molecule is CC[C@H]1/C=C\C=C\C[C@H](C)[C@@H](O)[C@](C)(O)C(=O)[C@H](C)[C@@H](O)[C@H](C)C(=O)[C@H](C)[C@H](O)[C@@H](C)/C=C/C(=O)O[C@H]2[C@H](C)[C@H](CC1)O[C@@]1(CC[C@@H](C)[C@@H](C[C@H](C)O)O1)[C@@H]2C. The Hall–Kier alpha value is -2.25. The minimum Gasteiger partial charge on any atom is -0.458 e. The fourth-order valence-electron chi connectivity index (χ4n) is 9.01. The zero-order valence-electron chi connectivity index (χ0n) is 35.8. The van der Waals surface area contributed by atoms with Gasteiger partial charge >= 0.3 is 5.97 Å². The molecule has 5 N–H and O–H groups in total. The van der Waals surface area contributed by atoms with Crippen molar-refractivity contribution < 1.29 is 54.1 Å². The fraction of sp³-hybridized carbons (Fsp3) is 0.800. The third-order valence-corrected chi connectivity index (χ3v) is 13.4. The summed E-state index contributed by atoms with van der Waals surface area (Å²) in [5.41, 5.74) is -2.18. The highest BCUT2D eigenvalue weighted by Gasteiger charge is 2.56. The van der Waals surface area contributed by atoms with E-state index in [0.717, 1.165) is 19.3 Å². The number of hydrogen-bond acceptors (Lipinski definition) is 11. The van der Waals surface area contributed by atoms with Gasteiger partial charge in [-0.2, -0.15) is 0 Å². The molecule has 0 aromatic heterocycles. The molecule has 3 heterocycles. The van der Waals surface area contributed by atoms with Gasteiger partial charge in [-0.1, -0.05) is 92.7 Å². The van der Waals surface area contributed by atoms with Gasteiger partial charge in [0.1, 0.15) is 17.5 Å². The van der Waals surface area contributed by atoms with Crippen LogP contribution in [0.5, 0.6) is 0 Å². The molecule has 0 saturated carbocycles. The van der Waals surface area contributed by atoms with Crippen molar-refractivity contribution in [2.45, 2.75) is 175 Å². The van der Waals surface area contributed by atoms with Gasteiger partial charge < -0.3 is 39.7 Å². The smallest absolute Gasteiger partial charge is 0.330 e. The number of aliphatic hydroxyl groups is 5. The Morgan fingerprint density at radius 2 is 1.48 bits per heavy atom. The first-order valence-corrected chi connectivity index (χ1v) is 21.2. The van der Waals surface area contributed by atoms with E-state index in [1.165, 1.54) is 39.8 Å². The monoisotopic (exact) mass is 791 g/mol. The molecule has 11 heteroatoms. The zero-order chi connectivity index (χ0) is 42.3. The zero-order valence-corrected chi connectivity index (χ0v) is 35.8. The molecule has 0 amide bonds. The molecular weight excluding hydrogens is 716 g/mol. The molecule has 320 valence electrons. The molecule has 2 bridgehead atoms. The maximum atomic E-state index is 13.5. The molecule has 0 unspecified atom stereocenters. The maximum absolute atomic E-state index is 13.5. The number of aliphatic hydroxyl groups excluding tert-OH is 4. The third-order valence-electron chi connectivity index (χ3n) is 13.4. The van der Waals surface area contributed by atoms with E-state index in [2.05, 4.69) is 19.9 Å². The summed E-state index contributed by atoms with van der Waals surface area (Å²) >= 11 is 0.